The zero-order chi connectivity index (χ0) is 11.9. The van der Waals surface area contributed by atoms with Gasteiger partial charge in [-0.25, -0.2) is 0 Å². The zero-order valence-corrected chi connectivity index (χ0v) is 9.94. The second-order valence-corrected chi connectivity index (χ2v) is 3.79. The Bertz CT molecular complexity index is 227. The molecule has 0 unspecified atom stereocenters. The van der Waals surface area contributed by atoms with Gasteiger partial charge in [-0.15, -0.1) is 0 Å². The van der Waals surface area contributed by atoms with Gasteiger partial charge in [0, 0.05) is 6.54 Å². The smallest absolute Gasteiger partial charge is 0.240 e. The Morgan fingerprint density at radius 2 is 1.67 bits per heavy atom. The van der Waals surface area contributed by atoms with Crippen molar-refractivity contribution in [3.63, 3.8) is 0 Å². The summed E-state index contributed by atoms with van der Waals surface area (Å²) in [5, 5.41) is 8.22. The van der Waals surface area contributed by atoms with Gasteiger partial charge < -0.3 is 16.0 Å². The van der Waals surface area contributed by atoms with Gasteiger partial charge in [-0.3, -0.25) is 9.59 Å². The third-order valence-electron chi connectivity index (χ3n) is 1.97. The number of likely N-dealkylation sites (N-methyl/N-ethyl adjacent to an activating group) is 2. The molecule has 0 fully saturated rings. The molecule has 0 saturated heterocycles. The number of amides is 2. The highest BCUT2D eigenvalue weighted by molar-refractivity contribution is 5.89. The molecule has 0 heterocycles. The van der Waals surface area contributed by atoms with Crippen LogP contribution in [0.25, 0.3) is 0 Å². The lowest BCUT2D eigenvalue weighted by Crippen LogP contribution is -2.54. The normalized spacial score (nSPS) is 10.9. The highest BCUT2D eigenvalue weighted by Crippen LogP contribution is 2.00. The molecule has 0 aliphatic rings. The van der Waals surface area contributed by atoms with Gasteiger partial charge in [0.05, 0.1) is 12.1 Å². The molecule has 0 spiro atoms. The number of rotatable bonds is 6. The summed E-state index contributed by atoms with van der Waals surface area (Å²) in [7, 11) is 0. The Labute approximate surface area is 91.0 Å². The summed E-state index contributed by atoms with van der Waals surface area (Å²) in [6, 6.07) is 0. The van der Waals surface area contributed by atoms with Crippen molar-refractivity contribution < 1.29 is 9.59 Å². The van der Waals surface area contributed by atoms with Crippen LogP contribution in [0.15, 0.2) is 0 Å². The molecule has 0 aliphatic heterocycles. The van der Waals surface area contributed by atoms with E-state index in [9.17, 15) is 9.59 Å². The standard InChI is InChI=1S/C10H21N3O2/c1-5-11-8(14)7-12-9(15)10(3,4)13-6-2/h13H,5-7H2,1-4H3,(H,11,14)(H,12,15). The van der Waals surface area contributed by atoms with Crippen molar-refractivity contribution in [1.29, 1.82) is 0 Å². The van der Waals surface area contributed by atoms with Crippen LogP contribution in [0.5, 0.6) is 0 Å². The minimum absolute atomic E-state index is 0.0293. The summed E-state index contributed by atoms with van der Waals surface area (Å²) >= 11 is 0. The molecule has 15 heavy (non-hydrogen) atoms. The van der Waals surface area contributed by atoms with Gasteiger partial charge in [-0.05, 0) is 27.3 Å². The highest BCUT2D eigenvalue weighted by atomic mass is 16.2. The molecule has 0 radical (unpaired) electrons. The Morgan fingerprint density at radius 3 is 2.13 bits per heavy atom. The highest BCUT2D eigenvalue weighted by Gasteiger charge is 2.25. The van der Waals surface area contributed by atoms with Gasteiger partial charge in [-0.2, -0.15) is 0 Å². The van der Waals surface area contributed by atoms with Gasteiger partial charge in [0.1, 0.15) is 0 Å². The molecule has 0 aromatic rings. The number of carbonyl (C=O) groups excluding carboxylic acids is 2. The number of hydrogen-bond acceptors (Lipinski definition) is 3. The van der Waals surface area contributed by atoms with Crippen LogP contribution in [0.4, 0.5) is 0 Å². The maximum atomic E-state index is 11.6. The van der Waals surface area contributed by atoms with E-state index in [1.807, 2.05) is 13.8 Å². The van der Waals surface area contributed by atoms with E-state index in [-0.39, 0.29) is 18.4 Å². The monoisotopic (exact) mass is 215 g/mol. The van der Waals surface area contributed by atoms with Gasteiger partial charge >= 0.3 is 0 Å². The maximum absolute atomic E-state index is 11.6. The summed E-state index contributed by atoms with van der Waals surface area (Å²) in [6.45, 7) is 8.64. The molecule has 5 nitrogen and oxygen atoms in total. The lowest BCUT2D eigenvalue weighted by molar-refractivity contribution is -0.129. The minimum Gasteiger partial charge on any atom is -0.355 e. The van der Waals surface area contributed by atoms with Crippen LogP contribution in [-0.4, -0.2) is 37.0 Å². The number of carbonyl (C=O) groups is 2. The first-order valence-electron chi connectivity index (χ1n) is 5.24. The second kappa shape index (κ2) is 6.40. The van der Waals surface area contributed by atoms with E-state index >= 15 is 0 Å². The largest absolute Gasteiger partial charge is 0.355 e. The van der Waals surface area contributed by atoms with Crippen LogP contribution >= 0.6 is 0 Å². The van der Waals surface area contributed by atoms with E-state index in [2.05, 4.69) is 16.0 Å². The molecule has 0 saturated carbocycles. The van der Waals surface area contributed by atoms with Crippen LogP contribution in [0.1, 0.15) is 27.7 Å². The van der Waals surface area contributed by atoms with Gasteiger partial charge in [0.15, 0.2) is 0 Å². The summed E-state index contributed by atoms with van der Waals surface area (Å²) < 4.78 is 0. The molecule has 2 amide bonds. The number of hydrogen-bond donors (Lipinski definition) is 3. The van der Waals surface area contributed by atoms with Crippen LogP contribution in [0.2, 0.25) is 0 Å². The van der Waals surface area contributed by atoms with Crippen LogP contribution in [-0.2, 0) is 9.59 Å². The first kappa shape index (κ1) is 13.9. The molecule has 0 atom stereocenters. The van der Waals surface area contributed by atoms with Gasteiger partial charge in [0.2, 0.25) is 11.8 Å². The summed E-state index contributed by atoms with van der Waals surface area (Å²) in [4.78, 5) is 22.7. The van der Waals surface area contributed by atoms with Crippen LogP contribution in [0, 0.1) is 0 Å². The fraction of sp³-hybridized carbons (Fsp3) is 0.800. The molecule has 0 aromatic heterocycles. The van der Waals surface area contributed by atoms with Gasteiger partial charge in [0.25, 0.3) is 0 Å². The van der Waals surface area contributed by atoms with E-state index in [0.29, 0.717) is 13.1 Å². The Balaban J connectivity index is 3.97. The lowest BCUT2D eigenvalue weighted by Gasteiger charge is -2.24. The summed E-state index contributed by atoms with van der Waals surface area (Å²) in [5.41, 5.74) is -0.638. The average molecular weight is 215 g/mol. The quantitative estimate of drug-likeness (QED) is 0.566. The van der Waals surface area contributed by atoms with E-state index in [4.69, 9.17) is 0 Å². The minimum atomic E-state index is -0.638. The Hall–Kier alpha value is -1.10. The van der Waals surface area contributed by atoms with Crippen LogP contribution < -0.4 is 16.0 Å². The molecule has 5 heteroatoms. The Morgan fingerprint density at radius 1 is 1.07 bits per heavy atom. The zero-order valence-electron chi connectivity index (χ0n) is 9.94. The molecule has 3 N–H and O–H groups in total. The molecule has 0 bridgehead atoms. The average Bonchev–Trinajstić information content (AvgIpc) is 2.14. The van der Waals surface area contributed by atoms with Crippen molar-refractivity contribution in [3.05, 3.63) is 0 Å². The predicted octanol–water partition coefficient (Wildman–Crippen LogP) is -0.373. The molecule has 0 rings (SSSR count). The maximum Gasteiger partial charge on any atom is 0.240 e. The number of nitrogens with one attached hydrogen (secondary N) is 3. The molecular formula is C10H21N3O2. The first-order valence-corrected chi connectivity index (χ1v) is 5.24. The third kappa shape index (κ3) is 5.37. The third-order valence-corrected chi connectivity index (χ3v) is 1.97. The van der Waals surface area contributed by atoms with E-state index in [0.717, 1.165) is 0 Å². The summed E-state index contributed by atoms with van der Waals surface area (Å²) in [5.74, 6) is -0.339. The van der Waals surface area contributed by atoms with E-state index in [1.165, 1.54) is 0 Å². The van der Waals surface area contributed by atoms with Crippen LogP contribution in [0.3, 0.4) is 0 Å². The van der Waals surface area contributed by atoms with Crippen molar-refractivity contribution in [1.82, 2.24) is 16.0 Å². The van der Waals surface area contributed by atoms with Crippen molar-refractivity contribution in [2.24, 2.45) is 0 Å². The van der Waals surface area contributed by atoms with E-state index in [1.54, 1.807) is 13.8 Å². The van der Waals surface area contributed by atoms with Crippen molar-refractivity contribution in [2.45, 2.75) is 33.2 Å². The fourth-order valence-electron chi connectivity index (χ4n) is 1.16. The Kier molecular flexibility index (Phi) is 5.93. The lowest BCUT2D eigenvalue weighted by atomic mass is 10.0. The van der Waals surface area contributed by atoms with Crippen molar-refractivity contribution in [2.75, 3.05) is 19.6 Å². The molecule has 0 aromatic carbocycles. The molecule has 88 valence electrons. The second-order valence-electron chi connectivity index (χ2n) is 3.79. The topological polar surface area (TPSA) is 70.2 Å². The first-order chi connectivity index (χ1) is 6.94. The SMILES string of the molecule is CCNC(=O)CNC(=O)C(C)(C)NCC. The summed E-state index contributed by atoms with van der Waals surface area (Å²) in [6.07, 6.45) is 0. The fourth-order valence-corrected chi connectivity index (χ4v) is 1.16. The predicted molar refractivity (Wildman–Crippen MR) is 59.4 cm³/mol. The molecule has 0 aliphatic carbocycles. The van der Waals surface area contributed by atoms with Gasteiger partial charge in [-0.1, -0.05) is 6.92 Å². The molecular weight excluding hydrogens is 194 g/mol. The van der Waals surface area contributed by atoms with Crippen molar-refractivity contribution >= 4 is 11.8 Å². The van der Waals surface area contributed by atoms with E-state index < -0.39 is 5.54 Å². The van der Waals surface area contributed by atoms with Crippen molar-refractivity contribution in [3.8, 4) is 0 Å².